The van der Waals surface area contributed by atoms with Crippen LogP contribution in [0.1, 0.15) is 23.7 Å². The lowest BCUT2D eigenvalue weighted by atomic mass is 10.2. The van der Waals surface area contributed by atoms with Gasteiger partial charge in [-0.25, -0.2) is 16.8 Å². The molecule has 1 aromatic carbocycles. The van der Waals surface area contributed by atoms with E-state index in [9.17, 15) is 21.6 Å². The zero-order chi connectivity index (χ0) is 20.5. The number of nitrogens with zero attached hydrogens (tertiary/aromatic N) is 4. The molecule has 152 valence electrons. The van der Waals surface area contributed by atoms with E-state index in [1.165, 1.54) is 56.9 Å². The van der Waals surface area contributed by atoms with E-state index in [2.05, 4.69) is 5.10 Å². The van der Waals surface area contributed by atoms with Gasteiger partial charge in [0.2, 0.25) is 20.0 Å². The minimum absolute atomic E-state index is 0.0519. The summed E-state index contributed by atoms with van der Waals surface area (Å²) in [6, 6.07) is 5.76. The van der Waals surface area contributed by atoms with Gasteiger partial charge in [0.15, 0.2) is 5.78 Å². The molecular weight excluding hydrogens is 404 g/mol. The summed E-state index contributed by atoms with van der Waals surface area (Å²) in [6.45, 7) is 1.97. The van der Waals surface area contributed by atoms with Gasteiger partial charge >= 0.3 is 0 Å². The number of carbonyl (C=O) groups is 1. The van der Waals surface area contributed by atoms with E-state index in [4.69, 9.17) is 0 Å². The lowest BCUT2D eigenvalue weighted by Gasteiger charge is -2.21. The van der Waals surface area contributed by atoms with Crippen molar-refractivity contribution in [2.24, 2.45) is 7.05 Å². The largest absolute Gasteiger partial charge is 0.295 e. The molecular formula is C17H22N4O5S2. The number of hydrogen-bond donors (Lipinski definition) is 0. The molecule has 3 rings (SSSR count). The van der Waals surface area contributed by atoms with Crippen LogP contribution < -0.4 is 0 Å². The Hall–Kier alpha value is -2.08. The highest BCUT2D eigenvalue weighted by molar-refractivity contribution is 7.89. The average molecular weight is 427 g/mol. The molecule has 0 bridgehead atoms. The Balaban J connectivity index is 1.78. The van der Waals surface area contributed by atoms with Crippen molar-refractivity contribution in [2.45, 2.75) is 23.1 Å². The van der Waals surface area contributed by atoms with Crippen LogP contribution in [0.25, 0.3) is 0 Å². The summed E-state index contributed by atoms with van der Waals surface area (Å²) in [7, 11) is -5.86. The summed E-state index contributed by atoms with van der Waals surface area (Å²) in [6.07, 6.45) is 3.08. The van der Waals surface area contributed by atoms with Gasteiger partial charge in [-0.3, -0.25) is 9.48 Å². The van der Waals surface area contributed by atoms with Gasteiger partial charge in [0, 0.05) is 45.0 Å². The maximum atomic E-state index is 12.9. The maximum Gasteiger partial charge on any atom is 0.246 e. The van der Waals surface area contributed by atoms with E-state index in [0.29, 0.717) is 12.0 Å². The fourth-order valence-corrected chi connectivity index (χ4v) is 5.97. The second kappa shape index (κ2) is 7.74. The Morgan fingerprint density at radius 3 is 1.89 bits per heavy atom. The monoisotopic (exact) mass is 426 g/mol. The maximum absolute atomic E-state index is 12.9. The normalized spacial score (nSPS) is 17.4. The van der Waals surface area contributed by atoms with Gasteiger partial charge < -0.3 is 0 Å². The molecule has 0 radical (unpaired) electrons. The summed E-state index contributed by atoms with van der Waals surface area (Å²) in [5.74, 6) is -0.144. The lowest BCUT2D eigenvalue weighted by molar-refractivity contribution is 0.101. The van der Waals surface area contributed by atoms with Crippen LogP contribution in [0.2, 0.25) is 0 Å². The van der Waals surface area contributed by atoms with Crippen LogP contribution in [0.15, 0.2) is 46.5 Å². The molecule has 9 nitrogen and oxygen atoms in total. The van der Waals surface area contributed by atoms with Crippen LogP contribution in [-0.2, 0) is 27.1 Å². The number of carbonyl (C=O) groups excluding carboxylic acids is 1. The van der Waals surface area contributed by atoms with Crippen LogP contribution in [-0.4, -0.2) is 67.2 Å². The van der Waals surface area contributed by atoms with E-state index in [1.54, 1.807) is 7.05 Å². The molecule has 2 heterocycles. The Morgan fingerprint density at radius 2 is 1.43 bits per heavy atom. The van der Waals surface area contributed by atoms with E-state index >= 15 is 0 Å². The number of ketones is 1. The molecule has 0 spiro atoms. The molecule has 0 atom stereocenters. The van der Waals surface area contributed by atoms with Crippen LogP contribution in [0.5, 0.6) is 0 Å². The van der Waals surface area contributed by atoms with Crippen LogP contribution >= 0.6 is 0 Å². The minimum Gasteiger partial charge on any atom is -0.295 e. The van der Waals surface area contributed by atoms with Crippen molar-refractivity contribution in [3.63, 3.8) is 0 Å². The van der Waals surface area contributed by atoms with Crippen molar-refractivity contribution in [2.75, 3.05) is 26.2 Å². The second-order valence-electron chi connectivity index (χ2n) is 6.59. The molecule has 11 heteroatoms. The molecule has 1 saturated heterocycles. The molecule has 28 heavy (non-hydrogen) atoms. The van der Waals surface area contributed by atoms with Crippen LogP contribution in [0.4, 0.5) is 0 Å². The Bertz CT molecular complexity index is 1080. The third-order valence-electron chi connectivity index (χ3n) is 4.63. The number of aryl methyl sites for hydroxylation is 1. The number of aromatic nitrogens is 2. The quantitative estimate of drug-likeness (QED) is 0.651. The predicted octanol–water partition coefficient (Wildman–Crippen LogP) is 0.708. The Morgan fingerprint density at radius 1 is 0.893 bits per heavy atom. The Labute approximate surface area is 164 Å². The van der Waals surface area contributed by atoms with Gasteiger partial charge in [-0.1, -0.05) is 12.1 Å². The van der Waals surface area contributed by atoms with Crippen molar-refractivity contribution >= 4 is 25.8 Å². The minimum atomic E-state index is -3.77. The fourth-order valence-electron chi connectivity index (χ4n) is 3.04. The summed E-state index contributed by atoms with van der Waals surface area (Å²) in [5, 5.41) is 3.90. The molecule has 0 unspecified atom stereocenters. The zero-order valence-electron chi connectivity index (χ0n) is 15.6. The first-order valence-electron chi connectivity index (χ1n) is 8.72. The highest BCUT2D eigenvalue weighted by Gasteiger charge is 2.32. The lowest BCUT2D eigenvalue weighted by Crippen LogP contribution is -2.37. The molecule has 1 aliphatic heterocycles. The SMILES string of the molecule is CC(=O)c1ccc(S(=O)(=O)N2CCCN(S(=O)(=O)c3cnn(C)c3)CC2)cc1. The predicted molar refractivity (Wildman–Crippen MR) is 102 cm³/mol. The topological polar surface area (TPSA) is 110 Å². The van der Waals surface area contributed by atoms with Crippen LogP contribution in [0, 0.1) is 0 Å². The van der Waals surface area contributed by atoms with Crippen molar-refractivity contribution < 1.29 is 21.6 Å². The Kier molecular flexibility index (Phi) is 5.71. The van der Waals surface area contributed by atoms with Gasteiger partial charge in [-0.2, -0.15) is 13.7 Å². The third kappa shape index (κ3) is 4.02. The summed E-state index contributed by atoms with van der Waals surface area (Å²) in [4.78, 5) is 11.5. The van der Waals surface area contributed by atoms with Crippen molar-refractivity contribution in [3.8, 4) is 0 Å². The molecule has 0 saturated carbocycles. The fraction of sp³-hybridized carbons (Fsp3) is 0.412. The highest BCUT2D eigenvalue weighted by atomic mass is 32.2. The molecule has 1 fully saturated rings. The van der Waals surface area contributed by atoms with E-state index in [0.717, 1.165) is 0 Å². The molecule has 0 amide bonds. The van der Waals surface area contributed by atoms with Gasteiger partial charge in [0.25, 0.3) is 0 Å². The summed E-state index contributed by atoms with van der Waals surface area (Å²) >= 11 is 0. The van der Waals surface area contributed by atoms with Gasteiger partial charge in [0.05, 0.1) is 11.1 Å². The molecule has 1 aliphatic rings. The highest BCUT2D eigenvalue weighted by Crippen LogP contribution is 2.21. The standard InChI is InChI=1S/C17H22N4O5S2/c1-14(22)15-4-6-16(7-5-15)27(23,24)20-8-3-9-21(11-10-20)28(25,26)17-12-18-19(2)13-17/h4-7,12-13H,3,8-11H2,1-2H3. The first-order chi connectivity index (χ1) is 13.1. The summed E-state index contributed by atoms with van der Waals surface area (Å²) in [5.41, 5.74) is 0.434. The first-order valence-corrected chi connectivity index (χ1v) is 11.6. The van der Waals surface area contributed by atoms with E-state index in [1.807, 2.05) is 0 Å². The van der Waals surface area contributed by atoms with E-state index < -0.39 is 20.0 Å². The molecule has 2 aromatic rings. The van der Waals surface area contributed by atoms with E-state index in [-0.39, 0.29) is 41.8 Å². The van der Waals surface area contributed by atoms with Crippen LogP contribution in [0.3, 0.4) is 0 Å². The van der Waals surface area contributed by atoms with Gasteiger partial charge in [0.1, 0.15) is 4.90 Å². The first kappa shape index (κ1) is 20.6. The number of hydrogen-bond acceptors (Lipinski definition) is 6. The smallest absolute Gasteiger partial charge is 0.246 e. The van der Waals surface area contributed by atoms with Crippen molar-refractivity contribution in [3.05, 3.63) is 42.2 Å². The average Bonchev–Trinajstić information content (AvgIpc) is 2.93. The second-order valence-corrected chi connectivity index (χ2v) is 10.5. The number of benzene rings is 1. The van der Waals surface area contributed by atoms with Gasteiger partial charge in [-0.05, 0) is 25.5 Å². The molecule has 0 aliphatic carbocycles. The van der Waals surface area contributed by atoms with Crippen molar-refractivity contribution in [1.29, 1.82) is 0 Å². The molecule has 1 aromatic heterocycles. The number of sulfonamides is 2. The number of Topliss-reactive ketones (excluding diaryl/α,β-unsaturated/α-hetero) is 1. The molecule has 0 N–H and O–H groups in total. The zero-order valence-corrected chi connectivity index (χ0v) is 17.3. The number of rotatable bonds is 5. The third-order valence-corrected chi connectivity index (χ3v) is 8.40. The van der Waals surface area contributed by atoms with Gasteiger partial charge in [-0.15, -0.1) is 0 Å². The van der Waals surface area contributed by atoms with Crippen molar-refractivity contribution in [1.82, 2.24) is 18.4 Å². The summed E-state index contributed by atoms with van der Waals surface area (Å²) < 4.78 is 55.3.